The molecule has 1 aromatic carbocycles. The number of benzene rings is 1. The maximum atomic E-state index is 13.2. The second-order valence-electron chi connectivity index (χ2n) is 6.65. The number of pyridine rings is 1. The number of hydrogen-bond acceptors (Lipinski definition) is 4. The third kappa shape index (κ3) is 3.66. The van der Waals surface area contributed by atoms with Crippen molar-refractivity contribution >= 4 is 5.91 Å². The van der Waals surface area contributed by atoms with Gasteiger partial charge >= 0.3 is 0 Å². The number of nitrogens with one attached hydrogen (secondary N) is 1. The highest BCUT2D eigenvalue weighted by Gasteiger charge is 2.32. The molecule has 0 bridgehead atoms. The van der Waals surface area contributed by atoms with Crippen LogP contribution in [0.2, 0.25) is 0 Å². The molecule has 146 valence electrons. The van der Waals surface area contributed by atoms with E-state index in [1.807, 2.05) is 12.1 Å². The maximum absolute atomic E-state index is 13.2. The van der Waals surface area contributed by atoms with Crippen LogP contribution < -0.4 is 5.73 Å². The monoisotopic (exact) mass is 381 g/mol. The molecule has 4 rings (SSSR count). The Kier molecular flexibility index (Phi) is 5.84. The van der Waals surface area contributed by atoms with Gasteiger partial charge in [0.1, 0.15) is 5.82 Å². The van der Waals surface area contributed by atoms with Crippen LogP contribution in [0.4, 0.5) is 4.39 Å². The zero-order valence-electron chi connectivity index (χ0n) is 14.7. The number of fused-ring (bicyclic) bond motifs is 1. The van der Waals surface area contributed by atoms with Crippen LogP contribution in [0, 0.1) is 5.82 Å². The van der Waals surface area contributed by atoms with E-state index in [2.05, 4.69) is 15.2 Å². The van der Waals surface area contributed by atoms with E-state index < -0.39 is 0 Å². The first-order valence-electron chi connectivity index (χ1n) is 8.88. The Bertz CT molecular complexity index is 939. The number of H-pyrrole nitrogens is 1. The normalized spacial score (nSPS) is 13.7. The zero-order valence-corrected chi connectivity index (χ0v) is 14.7. The molecule has 0 spiro atoms. The summed E-state index contributed by atoms with van der Waals surface area (Å²) in [4.78, 5) is 19.1. The van der Waals surface area contributed by atoms with Gasteiger partial charge in [0.2, 0.25) is 5.91 Å². The molecule has 7 heteroatoms. The van der Waals surface area contributed by atoms with Crippen LogP contribution in [0.3, 0.4) is 0 Å². The minimum absolute atomic E-state index is 0. The number of aromatic nitrogens is 3. The molecule has 3 N–H and O–H groups in total. The molecule has 0 fully saturated rings. The van der Waals surface area contributed by atoms with Gasteiger partial charge in [-0.25, -0.2) is 4.39 Å². The second-order valence-corrected chi connectivity index (χ2v) is 6.65. The smallest absolute Gasteiger partial charge is 0.230 e. The summed E-state index contributed by atoms with van der Waals surface area (Å²) < 4.78 is 13.2. The highest BCUT2D eigenvalue weighted by atomic mass is 19.1. The fourth-order valence-electron chi connectivity index (χ4n) is 3.55. The van der Waals surface area contributed by atoms with E-state index in [0.29, 0.717) is 26.1 Å². The zero-order chi connectivity index (χ0) is 18.8. The molecule has 3 heterocycles. The van der Waals surface area contributed by atoms with Crippen molar-refractivity contribution in [3.05, 3.63) is 71.4 Å². The molecule has 1 aliphatic rings. The topological polar surface area (TPSA) is 87.9 Å². The van der Waals surface area contributed by atoms with Gasteiger partial charge in [-0.3, -0.25) is 14.9 Å². The molecule has 2 aromatic heterocycles. The first kappa shape index (κ1) is 19.7. The number of nitrogens with zero attached hydrogens (tertiary/aromatic N) is 3. The molecule has 6 nitrogen and oxygen atoms in total. The molecule has 1 atom stereocenters. The van der Waals surface area contributed by atoms with Crippen molar-refractivity contribution in [2.24, 2.45) is 5.73 Å². The average Bonchev–Trinajstić information content (AvgIpc) is 3.28. The van der Waals surface area contributed by atoms with E-state index in [1.165, 1.54) is 12.1 Å². The van der Waals surface area contributed by atoms with Crippen molar-refractivity contribution in [2.45, 2.75) is 32.9 Å². The average molecular weight is 381 g/mol. The molecule has 1 amide bonds. The van der Waals surface area contributed by atoms with Gasteiger partial charge in [0.15, 0.2) is 0 Å². The standard InChI is InChI=1S/C20H20FN5O.CH4/c21-15-5-3-13(4-6-15)16(7-8-22)20(27)26-11-17-18(12-26)24-25-19(17)14-2-1-9-23-10-14;/h1-6,9-10,16H,7-8,11-12,22H2,(H,24,25);1H4. The molecule has 0 saturated heterocycles. The van der Waals surface area contributed by atoms with Gasteiger partial charge in [0.25, 0.3) is 0 Å². The van der Waals surface area contributed by atoms with Crippen molar-refractivity contribution in [2.75, 3.05) is 6.54 Å². The highest BCUT2D eigenvalue weighted by molar-refractivity contribution is 5.84. The molecule has 28 heavy (non-hydrogen) atoms. The summed E-state index contributed by atoms with van der Waals surface area (Å²) in [7, 11) is 0. The molecule has 0 saturated carbocycles. The molecule has 3 aromatic rings. The van der Waals surface area contributed by atoms with Crippen LogP contribution in [0.5, 0.6) is 0 Å². The molecule has 0 radical (unpaired) electrons. The van der Waals surface area contributed by atoms with Crippen molar-refractivity contribution in [3.8, 4) is 11.3 Å². The minimum atomic E-state index is -0.380. The maximum Gasteiger partial charge on any atom is 0.230 e. The third-order valence-corrected chi connectivity index (χ3v) is 4.92. The van der Waals surface area contributed by atoms with Gasteiger partial charge < -0.3 is 10.6 Å². The number of carbonyl (C=O) groups is 1. The van der Waals surface area contributed by atoms with Gasteiger partial charge in [-0.1, -0.05) is 19.6 Å². The minimum Gasteiger partial charge on any atom is -0.332 e. The van der Waals surface area contributed by atoms with Crippen LogP contribution in [0.15, 0.2) is 48.8 Å². The molecular weight excluding hydrogens is 357 g/mol. The first-order valence-corrected chi connectivity index (χ1v) is 8.88. The molecule has 1 unspecified atom stereocenters. The van der Waals surface area contributed by atoms with E-state index in [-0.39, 0.29) is 25.1 Å². The summed E-state index contributed by atoms with van der Waals surface area (Å²) >= 11 is 0. The fraction of sp³-hybridized carbons (Fsp3) is 0.286. The lowest BCUT2D eigenvalue weighted by Gasteiger charge is -2.23. The van der Waals surface area contributed by atoms with Crippen LogP contribution in [-0.4, -0.2) is 32.5 Å². The highest BCUT2D eigenvalue weighted by Crippen LogP contribution is 2.33. The quantitative estimate of drug-likeness (QED) is 0.710. The molecular formula is C21H24FN5O. The summed E-state index contributed by atoms with van der Waals surface area (Å²) in [5.41, 5.74) is 10.2. The lowest BCUT2D eigenvalue weighted by Crippen LogP contribution is -2.32. The predicted octanol–water partition coefficient (Wildman–Crippen LogP) is 3.22. The lowest BCUT2D eigenvalue weighted by atomic mass is 9.94. The largest absolute Gasteiger partial charge is 0.332 e. The van der Waals surface area contributed by atoms with Crippen molar-refractivity contribution in [1.82, 2.24) is 20.1 Å². The van der Waals surface area contributed by atoms with E-state index in [0.717, 1.165) is 28.1 Å². The van der Waals surface area contributed by atoms with Crippen molar-refractivity contribution in [1.29, 1.82) is 0 Å². The van der Waals surface area contributed by atoms with Crippen LogP contribution in [-0.2, 0) is 17.9 Å². The van der Waals surface area contributed by atoms with Crippen molar-refractivity contribution in [3.63, 3.8) is 0 Å². The SMILES string of the molecule is C.NCCC(C(=O)N1Cc2[nH]nc(-c3cccnc3)c2C1)c1ccc(F)cc1. The van der Waals surface area contributed by atoms with E-state index in [9.17, 15) is 9.18 Å². The number of hydrogen-bond donors (Lipinski definition) is 2. The predicted molar refractivity (Wildman–Crippen MR) is 106 cm³/mol. The Balaban J connectivity index is 0.00000225. The number of amides is 1. The van der Waals surface area contributed by atoms with Crippen LogP contribution in [0.1, 0.15) is 36.6 Å². The number of halogens is 1. The summed E-state index contributed by atoms with van der Waals surface area (Å²) in [6.45, 7) is 1.34. The summed E-state index contributed by atoms with van der Waals surface area (Å²) in [6.07, 6.45) is 3.99. The van der Waals surface area contributed by atoms with Gasteiger partial charge in [-0.05, 0) is 42.8 Å². The number of carbonyl (C=O) groups excluding carboxylic acids is 1. The summed E-state index contributed by atoms with van der Waals surface area (Å²) in [5, 5.41) is 7.43. The van der Waals surface area contributed by atoms with Gasteiger partial charge in [0, 0.05) is 23.5 Å². The first-order chi connectivity index (χ1) is 13.2. The Morgan fingerprint density at radius 2 is 2.04 bits per heavy atom. The Labute approximate surface area is 163 Å². The van der Waals surface area contributed by atoms with E-state index in [4.69, 9.17) is 5.73 Å². The molecule has 0 aliphatic carbocycles. The Hall–Kier alpha value is -3.06. The van der Waals surface area contributed by atoms with Crippen LogP contribution in [0.25, 0.3) is 11.3 Å². The van der Waals surface area contributed by atoms with Crippen LogP contribution >= 0.6 is 0 Å². The number of rotatable bonds is 5. The summed E-state index contributed by atoms with van der Waals surface area (Å²) in [5.74, 6) is -0.704. The van der Waals surface area contributed by atoms with E-state index in [1.54, 1.807) is 29.4 Å². The number of nitrogens with two attached hydrogens (primary N) is 1. The second kappa shape index (κ2) is 8.31. The fourth-order valence-corrected chi connectivity index (χ4v) is 3.55. The number of aromatic amines is 1. The molecule has 1 aliphatic heterocycles. The Morgan fingerprint density at radius 3 is 2.71 bits per heavy atom. The van der Waals surface area contributed by atoms with Gasteiger partial charge in [-0.2, -0.15) is 5.10 Å². The van der Waals surface area contributed by atoms with E-state index >= 15 is 0 Å². The van der Waals surface area contributed by atoms with Crippen molar-refractivity contribution < 1.29 is 9.18 Å². The van der Waals surface area contributed by atoms with Gasteiger partial charge in [0.05, 0.1) is 30.4 Å². The third-order valence-electron chi connectivity index (χ3n) is 4.92. The lowest BCUT2D eigenvalue weighted by molar-refractivity contribution is -0.133. The summed E-state index contributed by atoms with van der Waals surface area (Å²) in [6, 6.07) is 9.88. The Morgan fingerprint density at radius 1 is 1.25 bits per heavy atom. The van der Waals surface area contributed by atoms with Gasteiger partial charge in [-0.15, -0.1) is 0 Å².